The highest BCUT2D eigenvalue weighted by atomic mass is 32.2. The van der Waals surface area contributed by atoms with Crippen molar-refractivity contribution in [3.05, 3.63) is 47.8 Å². The minimum absolute atomic E-state index is 0.0187. The summed E-state index contributed by atoms with van der Waals surface area (Å²) < 4.78 is 35.5. The minimum atomic E-state index is -3.81. The summed E-state index contributed by atoms with van der Waals surface area (Å²) in [6, 6.07) is 8.35. The van der Waals surface area contributed by atoms with Crippen molar-refractivity contribution in [2.24, 2.45) is 7.05 Å². The Morgan fingerprint density at radius 1 is 1.20 bits per heavy atom. The van der Waals surface area contributed by atoms with Crippen LogP contribution in [0.15, 0.2) is 41.4 Å². The molecule has 164 valence electrons. The van der Waals surface area contributed by atoms with Crippen LogP contribution >= 0.6 is 0 Å². The topological polar surface area (TPSA) is 80.6 Å². The monoisotopic (exact) mass is 433 g/mol. The van der Waals surface area contributed by atoms with Gasteiger partial charge in [-0.2, -0.15) is 0 Å². The molecule has 1 unspecified atom stereocenters. The van der Waals surface area contributed by atoms with Crippen molar-refractivity contribution >= 4 is 15.9 Å². The number of rotatable bonds is 6. The number of benzene rings is 1. The maximum Gasteiger partial charge on any atom is 0.254 e. The third-order valence-electron chi connectivity index (χ3n) is 5.43. The van der Waals surface area contributed by atoms with Crippen molar-refractivity contribution in [1.29, 1.82) is 0 Å². The third-order valence-corrected chi connectivity index (χ3v) is 7.11. The van der Waals surface area contributed by atoms with Crippen LogP contribution in [0.5, 0.6) is 5.75 Å². The maximum atomic E-state index is 13.5. The Hall–Kier alpha value is -2.32. The van der Waals surface area contributed by atoms with E-state index in [9.17, 15) is 13.2 Å². The zero-order chi connectivity index (χ0) is 21.9. The molecule has 2 aromatic rings. The number of ether oxygens (including phenoxy) is 1. The second-order valence-electron chi connectivity index (χ2n) is 8.05. The fourth-order valence-electron chi connectivity index (χ4n) is 4.04. The number of hydrogen-bond acceptors (Lipinski definition) is 4. The Kier molecular flexibility index (Phi) is 6.88. The van der Waals surface area contributed by atoms with Crippen LogP contribution in [0.1, 0.15) is 61.6 Å². The molecule has 1 aromatic carbocycles. The summed E-state index contributed by atoms with van der Waals surface area (Å²) in [5.74, 6) is 0.0568. The van der Waals surface area contributed by atoms with E-state index in [0.717, 1.165) is 31.4 Å². The molecule has 1 aromatic heterocycles. The number of carbonyl (C=O) groups excluding carboxylic acids is 1. The zero-order valence-corrected chi connectivity index (χ0v) is 18.9. The van der Waals surface area contributed by atoms with Crippen LogP contribution in [0.2, 0.25) is 0 Å². The number of aryl methyl sites for hydroxylation is 1. The molecular weight excluding hydrogens is 402 g/mol. The van der Waals surface area contributed by atoms with Crippen molar-refractivity contribution < 1.29 is 17.9 Å². The van der Waals surface area contributed by atoms with Crippen molar-refractivity contribution in [3.63, 3.8) is 0 Å². The summed E-state index contributed by atoms with van der Waals surface area (Å²) in [4.78, 5) is 15.4. The van der Waals surface area contributed by atoms with Gasteiger partial charge < -0.3 is 14.2 Å². The van der Waals surface area contributed by atoms with Gasteiger partial charge in [-0.25, -0.2) is 13.1 Å². The summed E-state index contributed by atoms with van der Waals surface area (Å²) in [5.41, 5.74) is 1.44. The van der Waals surface area contributed by atoms with Crippen molar-refractivity contribution in [2.45, 2.75) is 56.5 Å². The van der Waals surface area contributed by atoms with Gasteiger partial charge in [-0.1, -0.05) is 12.8 Å². The first-order valence-corrected chi connectivity index (χ1v) is 11.9. The molecule has 1 saturated heterocycles. The average Bonchev–Trinajstić information content (AvgIpc) is 2.97. The molecule has 0 saturated carbocycles. The van der Waals surface area contributed by atoms with Crippen LogP contribution in [0, 0.1) is 0 Å². The lowest BCUT2D eigenvalue weighted by Crippen LogP contribution is -2.36. The van der Waals surface area contributed by atoms with Gasteiger partial charge in [0.2, 0.25) is 10.0 Å². The molecule has 0 spiro atoms. The SMILES string of the molecule is COc1ccc(C(=O)N2CCCCCC2c2cccn2C)cc1S(=O)(=O)NC(C)C. The van der Waals surface area contributed by atoms with E-state index >= 15 is 0 Å². The molecule has 1 aliphatic heterocycles. The molecule has 2 heterocycles. The molecular formula is C22H31N3O4S. The molecule has 1 fully saturated rings. The lowest BCUT2D eigenvalue weighted by atomic mass is 10.1. The van der Waals surface area contributed by atoms with Gasteiger partial charge in [0.05, 0.1) is 13.2 Å². The summed E-state index contributed by atoms with van der Waals surface area (Å²) in [6.07, 6.45) is 5.94. The van der Waals surface area contributed by atoms with Gasteiger partial charge in [0.1, 0.15) is 10.6 Å². The fraction of sp³-hybridized carbons (Fsp3) is 0.500. The number of carbonyl (C=O) groups is 1. The summed E-state index contributed by atoms with van der Waals surface area (Å²) >= 11 is 0. The Bertz CT molecular complexity index is 998. The van der Waals surface area contributed by atoms with Gasteiger partial charge in [0.25, 0.3) is 5.91 Å². The van der Waals surface area contributed by atoms with E-state index in [-0.39, 0.29) is 28.6 Å². The zero-order valence-electron chi connectivity index (χ0n) is 18.1. The lowest BCUT2D eigenvalue weighted by Gasteiger charge is -2.31. The largest absolute Gasteiger partial charge is 0.495 e. The molecule has 7 nitrogen and oxygen atoms in total. The average molecular weight is 434 g/mol. The number of sulfonamides is 1. The number of nitrogens with one attached hydrogen (secondary N) is 1. The fourth-order valence-corrected chi connectivity index (χ4v) is 5.48. The van der Waals surface area contributed by atoms with Gasteiger partial charge in [0.15, 0.2) is 0 Å². The van der Waals surface area contributed by atoms with Crippen LogP contribution in [0.3, 0.4) is 0 Å². The smallest absolute Gasteiger partial charge is 0.254 e. The number of methoxy groups -OCH3 is 1. The second kappa shape index (κ2) is 9.22. The minimum Gasteiger partial charge on any atom is -0.495 e. The summed E-state index contributed by atoms with van der Waals surface area (Å²) in [7, 11) is -0.403. The quantitative estimate of drug-likeness (QED) is 0.756. The van der Waals surface area contributed by atoms with Crippen LogP contribution in [-0.4, -0.2) is 43.5 Å². The number of nitrogens with zero attached hydrogens (tertiary/aromatic N) is 2. The predicted molar refractivity (Wildman–Crippen MR) is 116 cm³/mol. The lowest BCUT2D eigenvalue weighted by molar-refractivity contribution is 0.0674. The molecule has 3 rings (SSSR count). The normalized spacial score (nSPS) is 17.8. The first-order chi connectivity index (χ1) is 14.2. The molecule has 8 heteroatoms. The van der Waals surface area contributed by atoms with Crippen LogP contribution in [-0.2, 0) is 17.1 Å². The molecule has 0 radical (unpaired) electrons. The van der Waals surface area contributed by atoms with Crippen LogP contribution < -0.4 is 9.46 Å². The molecule has 1 aliphatic rings. The molecule has 1 N–H and O–H groups in total. The standard InChI is InChI=1S/C22H31N3O4S/c1-16(2)23-30(27,28)21-15-17(11-12-20(21)29-4)22(26)25-14-7-5-6-9-19(25)18-10-8-13-24(18)3/h8,10-13,15-16,19,23H,5-7,9,14H2,1-4H3. The summed E-state index contributed by atoms with van der Waals surface area (Å²) in [6.45, 7) is 4.15. The van der Waals surface area contributed by atoms with Gasteiger partial charge in [-0.15, -0.1) is 0 Å². The van der Waals surface area contributed by atoms with E-state index < -0.39 is 10.0 Å². The molecule has 0 bridgehead atoms. The molecule has 1 amide bonds. The van der Waals surface area contributed by atoms with E-state index in [4.69, 9.17) is 4.74 Å². The first kappa shape index (κ1) is 22.4. The Morgan fingerprint density at radius 2 is 1.97 bits per heavy atom. The van der Waals surface area contributed by atoms with E-state index in [0.29, 0.717) is 12.1 Å². The third kappa shape index (κ3) is 4.70. The Morgan fingerprint density at radius 3 is 2.60 bits per heavy atom. The number of hydrogen-bond donors (Lipinski definition) is 1. The highest BCUT2D eigenvalue weighted by Gasteiger charge is 2.30. The van der Waals surface area contributed by atoms with E-state index in [1.54, 1.807) is 26.0 Å². The van der Waals surface area contributed by atoms with Crippen molar-refractivity contribution in [1.82, 2.24) is 14.2 Å². The van der Waals surface area contributed by atoms with Crippen LogP contribution in [0.25, 0.3) is 0 Å². The Labute approximate surface area is 179 Å². The number of aromatic nitrogens is 1. The highest BCUT2D eigenvalue weighted by molar-refractivity contribution is 7.89. The first-order valence-electron chi connectivity index (χ1n) is 10.4. The van der Waals surface area contributed by atoms with Gasteiger partial charge in [0, 0.05) is 37.1 Å². The molecule has 1 atom stereocenters. The van der Waals surface area contributed by atoms with Crippen LogP contribution in [0.4, 0.5) is 0 Å². The molecule has 0 aliphatic carbocycles. The Balaban J connectivity index is 2.00. The molecule has 30 heavy (non-hydrogen) atoms. The van der Waals surface area contributed by atoms with Crippen molar-refractivity contribution in [2.75, 3.05) is 13.7 Å². The van der Waals surface area contributed by atoms with Gasteiger partial charge in [-0.3, -0.25) is 4.79 Å². The second-order valence-corrected chi connectivity index (χ2v) is 9.73. The number of amides is 1. The number of likely N-dealkylation sites (tertiary alicyclic amines) is 1. The maximum absolute atomic E-state index is 13.5. The van der Waals surface area contributed by atoms with E-state index in [2.05, 4.69) is 4.72 Å². The van der Waals surface area contributed by atoms with Gasteiger partial charge in [-0.05, 0) is 57.0 Å². The van der Waals surface area contributed by atoms with E-state index in [1.165, 1.54) is 13.2 Å². The predicted octanol–water partition coefficient (Wildman–Crippen LogP) is 3.48. The van der Waals surface area contributed by atoms with E-state index in [1.807, 2.05) is 34.8 Å². The van der Waals surface area contributed by atoms with Crippen molar-refractivity contribution in [3.8, 4) is 5.75 Å². The highest BCUT2D eigenvalue weighted by Crippen LogP contribution is 2.33. The van der Waals surface area contributed by atoms with Gasteiger partial charge >= 0.3 is 0 Å². The summed E-state index contributed by atoms with van der Waals surface area (Å²) in [5, 5.41) is 0.